The third kappa shape index (κ3) is 3.49. The number of aliphatic hydroxyl groups excluding tert-OH is 1. The normalized spacial score (nSPS) is 25.7. The van der Waals surface area contributed by atoms with Crippen LogP contribution in [0.2, 0.25) is 5.02 Å². The molecule has 4 nitrogen and oxygen atoms in total. The number of rotatable bonds is 5. The third-order valence-corrected chi connectivity index (χ3v) is 5.57. The molecule has 0 saturated heterocycles. The van der Waals surface area contributed by atoms with Gasteiger partial charge in [-0.3, -0.25) is 9.78 Å². The number of Topliss-reactive ketones (excluding diaryl/α,β-unsaturated/α-hetero) is 1. The van der Waals surface area contributed by atoms with Crippen LogP contribution in [0, 0.1) is 5.82 Å². The Labute approximate surface area is 160 Å². The summed E-state index contributed by atoms with van der Waals surface area (Å²) in [6.07, 6.45) is 0.858. The lowest BCUT2D eigenvalue weighted by atomic mass is 9.72. The molecule has 0 bridgehead atoms. The molecule has 2 N–H and O–H groups in total. The summed E-state index contributed by atoms with van der Waals surface area (Å²) in [5.74, 6) is -1.57. The minimum atomic E-state index is -2.31. The molecule has 7 heteroatoms. The smallest absolute Gasteiger partial charge is 0.195 e. The van der Waals surface area contributed by atoms with E-state index >= 15 is 4.39 Å². The predicted molar refractivity (Wildman–Crippen MR) is 96.7 cm³/mol. The number of aromatic nitrogens is 1. The minimum Gasteiger partial charge on any atom is -0.393 e. The zero-order chi connectivity index (χ0) is 19.8. The van der Waals surface area contributed by atoms with E-state index < -0.39 is 35.4 Å². The van der Waals surface area contributed by atoms with Gasteiger partial charge in [0.1, 0.15) is 11.4 Å². The maximum absolute atomic E-state index is 15.8. The summed E-state index contributed by atoms with van der Waals surface area (Å²) in [4.78, 5) is 16.9. The van der Waals surface area contributed by atoms with E-state index in [-0.39, 0.29) is 35.5 Å². The van der Waals surface area contributed by atoms with E-state index in [1.165, 1.54) is 30.5 Å². The number of aliphatic hydroxyl groups is 2. The Morgan fingerprint density at radius 2 is 2.11 bits per heavy atom. The van der Waals surface area contributed by atoms with Crippen LogP contribution in [-0.2, 0) is 16.1 Å². The Bertz CT molecular complexity index is 878. The minimum absolute atomic E-state index is 0.0120. The van der Waals surface area contributed by atoms with Crippen molar-refractivity contribution in [2.45, 2.75) is 43.4 Å². The molecule has 0 fully saturated rings. The van der Waals surface area contributed by atoms with Crippen molar-refractivity contribution in [2.75, 3.05) is 6.61 Å². The average molecular weight is 396 g/mol. The van der Waals surface area contributed by atoms with Crippen LogP contribution in [0.25, 0.3) is 0 Å². The number of carbonyl (C=O) groups is 1. The standard InChI is InChI=1S/C20H20ClF2NO3/c1-12(14-5-4-13(22)10-16(14)21)9-17(26)20(23)7-6-19(27,11-25)18-15(20)3-2-8-24-18/h2-5,8,10,12,25,27H,6-7,9,11H2,1H3/t12-,19+,20-/m0/s1. The first kappa shape index (κ1) is 19.9. The largest absolute Gasteiger partial charge is 0.393 e. The summed E-state index contributed by atoms with van der Waals surface area (Å²) in [7, 11) is 0. The van der Waals surface area contributed by atoms with Crippen molar-refractivity contribution < 1.29 is 23.8 Å². The van der Waals surface area contributed by atoms with E-state index in [9.17, 15) is 19.4 Å². The number of hydrogen-bond acceptors (Lipinski definition) is 4. The molecule has 3 rings (SSSR count). The number of carbonyl (C=O) groups excluding carboxylic acids is 1. The maximum atomic E-state index is 15.8. The van der Waals surface area contributed by atoms with Gasteiger partial charge in [-0.2, -0.15) is 0 Å². The number of fused-ring (bicyclic) bond motifs is 1. The zero-order valence-electron chi connectivity index (χ0n) is 14.8. The van der Waals surface area contributed by atoms with E-state index in [4.69, 9.17) is 11.6 Å². The quantitative estimate of drug-likeness (QED) is 0.808. The number of benzene rings is 1. The van der Waals surface area contributed by atoms with Crippen LogP contribution in [0.4, 0.5) is 8.78 Å². The molecule has 2 aromatic rings. The molecule has 1 aliphatic carbocycles. The van der Waals surface area contributed by atoms with E-state index in [1.807, 2.05) is 0 Å². The molecule has 0 saturated carbocycles. The molecule has 3 atom stereocenters. The second-order valence-corrected chi connectivity index (χ2v) is 7.49. The lowest BCUT2D eigenvalue weighted by Gasteiger charge is -2.39. The Morgan fingerprint density at radius 3 is 2.78 bits per heavy atom. The van der Waals surface area contributed by atoms with Crippen LogP contribution in [0.1, 0.15) is 48.9 Å². The number of alkyl halides is 1. The molecular formula is C20H20ClF2NO3. The van der Waals surface area contributed by atoms with Crippen molar-refractivity contribution in [3.63, 3.8) is 0 Å². The average Bonchev–Trinajstić information content (AvgIpc) is 2.65. The summed E-state index contributed by atoms with van der Waals surface area (Å²) in [5.41, 5.74) is -3.45. The van der Waals surface area contributed by atoms with Gasteiger partial charge in [-0.15, -0.1) is 0 Å². The zero-order valence-corrected chi connectivity index (χ0v) is 15.5. The first-order valence-electron chi connectivity index (χ1n) is 8.67. The van der Waals surface area contributed by atoms with Gasteiger partial charge in [-0.05, 0) is 42.5 Å². The van der Waals surface area contributed by atoms with E-state index in [0.717, 1.165) is 6.07 Å². The van der Waals surface area contributed by atoms with Crippen molar-refractivity contribution >= 4 is 17.4 Å². The first-order valence-corrected chi connectivity index (χ1v) is 9.05. The highest BCUT2D eigenvalue weighted by Crippen LogP contribution is 2.46. The summed E-state index contributed by atoms with van der Waals surface area (Å²) in [5, 5.41) is 20.2. The fourth-order valence-corrected chi connectivity index (χ4v) is 3.98. The van der Waals surface area contributed by atoms with Crippen molar-refractivity contribution in [3.05, 3.63) is 64.2 Å². The number of pyridine rings is 1. The molecule has 0 unspecified atom stereocenters. The summed E-state index contributed by atoms with van der Waals surface area (Å²) in [6.45, 7) is 1.11. The van der Waals surface area contributed by atoms with Gasteiger partial charge in [-0.25, -0.2) is 8.78 Å². The van der Waals surface area contributed by atoms with Crippen molar-refractivity contribution in [2.24, 2.45) is 0 Å². The number of hydrogen-bond donors (Lipinski definition) is 2. The highest BCUT2D eigenvalue weighted by molar-refractivity contribution is 6.31. The lowest BCUT2D eigenvalue weighted by molar-refractivity contribution is -0.136. The Morgan fingerprint density at radius 1 is 1.37 bits per heavy atom. The molecule has 27 heavy (non-hydrogen) atoms. The molecule has 144 valence electrons. The summed E-state index contributed by atoms with van der Waals surface area (Å²) < 4.78 is 29.0. The fourth-order valence-electron chi connectivity index (χ4n) is 3.62. The van der Waals surface area contributed by atoms with Gasteiger partial charge in [0, 0.05) is 23.2 Å². The maximum Gasteiger partial charge on any atom is 0.195 e. The van der Waals surface area contributed by atoms with E-state index in [0.29, 0.717) is 5.56 Å². The third-order valence-electron chi connectivity index (χ3n) is 5.25. The van der Waals surface area contributed by atoms with Crippen LogP contribution in [-0.4, -0.2) is 27.6 Å². The predicted octanol–water partition coefficient (Wildman–Crippen LogP) is 3.78. The second kappa shape index (κ2) is 7.26. The van der Waals surface area contributed by atoms with E-state index in [1.54, 1.807) is 6.92 Å². The van der Waals surface area contributed by atoms with Gasteiger partial charge in [0.2, 0.25) is 0 Å². The fraction of sp³-hybridized carbons (Fsp3) is 0.400. The highest BCUT2D eigenvalue weighted by Gasteiger charge is 2.51. The summed E-state index contributed by atoms with van der Waals surface area (Å²) in [6, 6.07) is 6.79. The van der Waals surface area contributed by atoms with Crippen LogP contribution in [0.15, 0.2) is 36.5 Å². The molecule has 1 aliphatic rings. The topological polar surface area (TPSA) is 70.4 Å². The summed E-state index contributed by atoms with van der Waals surface area (Å²) >= 11 is 6.05. The molecule has 0 aliphatic heterocycles. The first-order chi connectivity index (χ1) is 12.7. The van der Waals surface area contributed by atoms with Crippen LogP contribution < -0.4 is 0 Å². The molecule has 1 heterocycles. The van der Waals surface area contributed by atoms with Gasteiger partial charge < -0.3 is 10.2 Å². The Hall–Kier alpha value is -1.89. The molecule has 0 radical (unpaired) electrons. The van der Waals surface area contributed by atoms with Crippen LogP contribution >= 0.6 is 11.6 Å². The van der Waals surface area contributed by atoms with Gasteiger partial charge in [-0.1, -0.05) is 30.7 Å². The molecule has 1 aromatic carbocycles. The number of nitrogens with zero attached hydrogens (tertiary/aromatic N) is 1. The van der Waals surface area contributed by atoms with Gasteiger partial charge in [0.15, 0.2) is 11.5 Å². The van der Waals surface area contributed by atoms with Crippen LogP contribution in [0.3, 0.4) is 0 Å². The van der Waals surface area contributed by atoms with Crippen molar-refractivity contribution in [1.29, 1.82) is 0 Å². The molecule has 0 amide bonds. The monoisotopic (exact) mass is 395 g/mol. The SMILES string of the molecule is C[C@@H](CC(=O)[C@]1(F)CC[C@@](O)(CO)c2ncccc21)c1ccc(F)cc1Cl. The number of ketones is 1. The molecule has 0 spiro atoms. The van der Waals surface area contributed by atoms with E-state index in [2.05, 4.69) is 4.98 Å². The highest BCUT2D eigenvalue weighted by atomic mass is 35.5. The van der Waals surface area contributed by atoms with Crippen molar-refractivity contribution in [1.82, 2.24) is 4.98 Å². The van der Waals surface area contributed by atoms with Crippen molar-refractivity contribution in [3.8, 4) is 0 Å². The Kier molecular flexibility index (Phi) is 5.34. The number of halogens is 3. The van der Waals surface area contributed by atoms with Gasteiger partial charge in [0.25, 0.3) is 0 Å². The van der Waals surface area contributed by atoms with Gasteiger partial charge in [0.05, 0.1) is 12.3 Å². The van der Waals surface area contributed by atoms with Gasteiger partial charge >= 0.3 is 0 Å². The molecule has 1 aromatic heterocycles. The lowest BCUT2D eigenvalue weighted by Crippen LogP contribution is -2.45. The second-order valence-electron chi connectivity index (χ2n) is 7.08. The Balaban J connectivity index is 1.91. The molecular weight excluding hydrogens is 376 g/mol. The van der Waals surface area contributed by atoms with Crippen LogP contribution in [0.5, 0.6) is 0 Å².